The molecule has 0 aliphatic carbocycles. The Hall–Kier alpha value is -1.40. The summed E-state index contributed by atoms with van der Waals surface area (Å²) in [5.41, 5.74) is 0.0442. The quantitative estimate of drug-likeness (QED) is 0.666. The first-order chi connectivity index (χ1) is 8.04. The molecule has 1 unspecified atom stereocenters. The van der Waals surface area contributed by atoms with Crippen LogP contribution in [0, 0.1) is 0 Å². The molecule has 17 heavy (non-hydrogen) atoms. The Balaban J connectivity index is 2.55. The monoisotopic (exact) mass is 241 g/mol. The van der Waals surface area contributed by atoms with Crippen LogP contribution in [0.25, 0.3) is 0 Å². The van der Waals surface area contributed by atoms with E-state index in [4.69, 9.17) is 9.63 Å². The molecule has 6 nitrogen and oxygen atoms in total. The highest BCUT2D eigenvalue weighted by Crippen LogP contribution is 2.07. The molecular weight excluding hydrogens is 222 g/mol. The van der Waals surface area contributed by atoms with E-state index in [1.807, 2.05) is 20.9 Å². The van der Waals surface area contributed by atoms with Gasteiger partial charge in [0, 0.05) is 18.2 Å². The number of aliphatic hydroxyl groups is 1. The lowest BCUT2D eigenvalue weighted by Crippen LogP contribution is -2.49. The van der Waals surface area contributed by atoms with Crippen molar-refractivity contribution in [3.63, 3.8) is 0 Å². The number of hydrogen-bond donors (Lipinski definition) is 3. The van der Waals surface area contributed by atoms with Gasteiger partial charge in [-0.1, -0.05) is 12.1 Å². The van der Waals surface area contributed by atoms with Crippen molar-refractivity contribution in [1.82, 2.24) is 15.8 Å². The van der Waals surface area contributed by atoms with Gasteiger partial charge in [-0.05, 0) is 20.4 Å². The first-order valence-corrected chi connectivity index (χ1v) is 5.58. The summed E-state index contributed by atoms with van der Waals surface area (Å²) in [5.74, 6) is -0.0228. The Morgan fingerprint density at radius 1 is 1.65 bits per heavy atom. The minimum absolute atomic E-state index is 0.140. The molecule has 0 saturated carbocycles. The molecule has 1 atom stereocenters. The molecule has 3 N–H and O–H groups in total. The van der Waals surface area contributed by atoms with Crippen LogP contribution in [0.1, 0.15) is 36.5 Å². The second kappa shape index (κ2) is 5.79. The molecule has 96 valence electrons. The second-order valence-corrected chi connectivity index (χ2v) is 4.18. The molecule has 0 radical (unpaired) electrons. The molecule has 6 heteroatoms. The summed E-state index contributed by atoms with van der Waals surface area (Å²) in [6.07, 6.45) is 0.893. The van der Waals surface area contributed by atoms with Gasteiger partial charge in [0.05, 0.1) is 0 Å². The lowest BCUT2D eigenvalue weighted by atomic mass is 9.99. The molecule has 0 bridgehead atoms. The van der Waals surface area contributed by atoms with Crippen molar-refractivity contribution in [3.8, 4) is 0 Å². The van der Waals surface area contributed by atoms with Crippen LogP contribution in [-0.4, -0.2) is 35.3 Å². The highest BCUT2D eigenvalue weighted by molar-refractivity contribution is 5.92. The molecule has 1 aromatic heterocycles. The first-order valence-electron chi connectivity index (χ1n) is 5.58. The molecule has 0 fully saturated rings. The van der Waals surface area contributed by atoms with Gasteiger partial charge in [0.2, 0.25) is 0 Å². The topological polar surface area (TPSA) is 87.4 Å². The summed E-state index contributed by atoms with van der Waals surface area (Å²) in [5, 5.41) is 18.3. The predicted octanol–water partition coefficient (Wildman–Crippen LogP) is 0.285. The maximum Gasteiger partial charge on any atom is 0.273 e. The molecule has 1 aromatic rings. The normalized spacial score (nSPS) is 14.4. The van der Waals surface area contributed by atoms with E-state index in [0.29, 0.717) is 6.54 Å². The predicted molar refractivity (Wildman–Crippen MR) is 62.5 cm³/mol. The van der Waals surface area contributed by atoms with E-state index in [0.717, 1.165) is 6.42 Å². The largest absolute Gasteiger partial charge is 0.388 e. The van der Waals surface area contributed by atoms with Crippen molar-refractivity contribution in [2.75, 3.05) is 13.6 Å². The van der Waals surface area contributed by atoms with Crippen LogP contribution in [0.4, 0.5) is 0 Å². The molecule has 0 aliphatic rings. The van der Waals surface area contributed by atoms with Crippen LogP contribution in [0.15, 0.2) is 10.6 Å². The third-order valence-electron chi connectivity index (χ3n) is 2.97. The maximum atomic E-state index is 11.7. The number of aliphatic hydroxyl groups excluding tert-OH is 1. The highest BCUT2D eigenvalue weighted by atomic mass is 16.5. The van der Waals surface area contributed by atoms with Crippen LogP contribution >= 0.6 is 0 Å². The van der Waals surface area contributed by atoms with Crippen LogP contribution in [0.5, 0.6) is 0 Å². The SMILES string of the molecule is CCC(C)(CNC(=O)c1cc(CO)on1)NC. The summed E-state index contributed by atoms with van der Waals surface area (Å²) in [7, 11) is 1.86. The minimum atomic E-state index is -0.302. The van der Waals surface area contributed by atoms with Crippen molar-refractivity contribution < 1.29 is 14.4 Å². The van der Waals surface area contributed by atoms with Crippen LogP contribution in [0.3, 0.4) is 0 Å². The van der Waals surface area contributed by atoms with Crippen molar-refractivity contribution in [2.45, 2.75) is 32.4 Å². The zero-order chi connectivity index (χ0) is 12.9. The Morgan fingerprint density at radius 3 is 2.82 bits per heavy atom. The summed E-state index contributed by atoms with van der Waals surface area (Å²) >= 11 is 0. The third-order valence-corrected chi connectivity index (χ3v) is 2.97. The van der Waals surface area contributed by atoms with Crippen molar-refractivity contribution >= 4 is 5.91 Å². The molecule has 0 spiro atoms. The van der Waals surface area contributed by atoms with Crippen molar-refractivity contribution in [3.05, 3.63) is 17.5 Å². The van der Waals surface area contributed by atoms with E-state index in [2.05, 4.69) is 15.8 Å². The van der Waals surface area contributed by atoms with Gasteiger partial charge in [-0.15, -0.1) is 0 Å². The smallest absolute Gasteiger partial charge is 0.273 e. The third kappa shape index (κ3) is 3.54. The van der Waals surface area contributed by atoms with Gasteiger partial charge >= 0.3 is 0 Å². The summed E-state index contributed by atoms with van der Waals surface area (Å²) < 4.78 is 4.74. The number of nitrogens with zero attached hydrogens (tertiary/aromatic N) is 1. The van der Waals surface area contributed by atoms with Gasteiger partial charge < -0.3 is 20.3 Å². The second-order valence-electron chi connectivity index (χ2n) is 4.18. The van der Waals surface area contributed by atoms with Crippen LogP contribution < -0.4 is 10.6 Å². The Bertz CT molecular complexity index is 372. The fourth-order valence-electron chi connectivity index (χ4n) is 1.25. The fourth-order valence-corrected chi connectivity index (χ4v) is 1.25. The van der Waals surface area contributed by atoms with Gasteiger partial charge in [-0.3, -0.25) is 4.79 Å². The molecule has 1 rings (SSSR count). The van der Waals surface area contributed by atoms with Crippen LogP contribution in [0.2, 0.25) is 0 Å². The number of amides is 1. The molecule has 0 aliphatic heterocycles. The molecule has 0 aromatic carbocycles. The van der Waals surface area contributed by atoms with E-state index < -0.39 is 0 Å². The highest BCUT2D eigenvalue weighted by Gasteiger charge is 2.21. The van der Waals surface area contributed by atoms with Crippen LogP contribution in [-0.2, 0) is 6.61 Å². The van der Waals surface area contributed by atoms with Gasteiger partial charge in [-0.2, -0.15) is 0 Å². The average molecular weight is 241 g/mol. The maximum absolute atomic E-state index is 11.7. The number of carbonyl (C=O) groups excluding carboxylic acids is 1. The number of hydrogen-bond acceptors (Lipinski definition) is 5. The Kier molecular flexibility index (Phi) is 4.65. The number of nitrogens with one attached hydrogen (secondary N) is 2. The van der Waals surface area contributed by atoms with Crippen molar-refractivity contribution in [2.24, 2.45) is 0 Å². The number of rotatable bonds is 6. The summed E-state index contributed by atoms with van der Waals surface area (Å²) in [4.78, 5) is 11.7. The fraction of sp³-hybridized carbons (Fsp3) is 0.636. The zero-order valence-electron chi connectivity index (χ0n) is 10.4. The average Bonchev–Trinajstić information content (AvgIpc) is 2.84. The number of likely N-dealkylation sites (N-methyl/N-ethyl adjacent to an activating group) is 1. The van der Waals surface area contributed by atoms with Gasteiger partial charge in [-0.25, -0.2) is 0 Å². The number of aromatic nitrogens is 1. The summed E-state index contributed by atoms with van der Waals surface area (Å²) in [6.45, 7) is 4.31. The minimum Gasteiger partial charge on any atom is -0.388 e. The molecule has 1 amide bonds. The van der Waals surface area contributed by atoms with Gasteiger partial charge in [0.1, 0.15) is 6.61 Å². The molecule has 0 saturated heterocycles. The summed E-state index contributed by atoms with van der Waals surface area (Å²) in [6, 6.07) is 1.43. The van der Waals surface area contributed by atoms with E-state index in [1.165, 1.54) is 6.07 Å². The lowest BCUT2D eigenvalue weighted by molar-refractivity contribution is 0.0931. The first kappa shape index (κ1) is 13.7. The van der Waals surface area contributed by atoms with Crippen molar-refractivity contribution in [1.29, 1.82) is 0 Å². The zero-order valence-corrected chi connectivity index (χ0v) is 10.4. The molecule has 1 heterocycles. The van der Waals surface area contributed by atoms with E-state index in [-0.39, 0.29) is 29.5 Å². The van der Waals surface area contributed by atoms with E-state index in [1.54, 1.807) is 0 Å². The standard InChI is InChI=1S/C11H19N3O3/c1-4-11(2,12-3)7-13-10(16)9-5-8(6-15)17-14-9/h5,12,15H,4,6-7H2,1-3H3,(H,13,16). The van der Waals surface area contributed by atoms with E-state index in [9.17, 15) is 4.79 Å². The lowest BCUT2D eigenvalue weighted by Gasteiger charge is -2.27. The van der Waals surface area contributed by atoms with Gasteiger partial charge in [0.25, 0.3) is 5.91 Å². The number of carbonyl (C=O) groups is 1. The van der Waals surface area contributed by atoms with E-state index >= 15 is 0 Å². The van der Waals surface area contributed by atoms with Gasteiger partial charge in [0.15, 0.2) is 11.5 Å². The Morgan fingerprint density at radius 2 is 2.35 bits per heavy atom. The molecular formula is C11H19N3O3. The Labute approximate surface area is 100 Å².